The topological polar surface area (TPSA) is 69.8 Å². The molecule has 6 aromatic rings. The van der Waals surface area contributed by atoms with Gasteiger partial charge in [-0.3, -0.25) is 18.7 Å². The minimum Gasteiger partial charge on any atom is -0.268 e. The van der Waals surface area contributed by atoms with E-state index < -0.39 is 0 Å². The van der Waals surface area contributed by atoms with Crippen molar-refractivity contribution in [1.82, 2.24) is 19.1 Å². The zero-order valence-electron chi connectivity index (χ0n) is 21.7. The zero-order chi connectivity index (χ0) is 26.6. The van der Waals surface area contributed by atoms with E-state index in [2.05, 4.69) is 0 Å². The molecule has 0 atom stereocenters. The fourth-order valence-electron chi connectivity index (χ4n) is 5.09. The fourth-order valence-corrected chi connectivity index (χ4v) is 5.09. The summed E-state index contributed by atoms with van der Waals surface area (Å²) in [6.07, 6.45) is 0. The van der Waals surface area contributed by atoms with Gasteiger partial charge in [-0.2, -0.15) is 0 Å². The van der Waals surface area contributed by atoms with Gasteiger partial charge in [-0.1, -0.05) is 36.4 Å². The molecular weight excluding hydrogens is 472 g/mol. The number of benzene rings is 4. The largest absolute Gasteiger partial charge is 0.268 e. The van der Waals surface area contributed by atoms with Crippen molar-refractivity contribution >= 4 is 21.8 Å². The summed E-state index contributed by atoms with van der Waals surface area (Å²) in [5.74, 6) is 1.26. The number of hydrogen-bond acceptors (Lipinski definition) is 4. The highest BCUT2D eigenvalue weighted by Gasteiger charge is 2.14. The molecule has 0 radical (unpaired) electrons. The molecule has 0 saturated heterocycles. The maximum atomic E-state index is 13.6. The molecular formula is C32H26N4O2. The van der Waals surface area contributed by atoms with Crippen LogP contribution in [0, 0.1) is 27.7 Å². The molecule has 0 amide bonds. The first-order valence-electron chi connectivity index (χ1n) is 12.5. The summed E-state index contributed by atoms with van der Waals surface area (Å²) in [6, 6.07) is 27.0. The van der Waals surface area contributed by atoms with Gasteiger partial charge < -0.3 is 0 Å². The van der Waals surface area contributed by atoms with E-state index in [-0.39, 0.29) is 11.1 Å². The SMILES string of the molecule is Cc1cccc(-n2c(C)nc3ccc(-c4ccc5nc(C)n(-c6cccc(C)c6)c(=O)c5c4)cc3c2=O)c1. The number of hydrogen-bond donors (Lipinski definition) is 0. The summed E-state index contributed by atoms with van der Waals surface area (Å²) < 4.78 is 3.29. The second-order valence-electron chi connectivity index (χ2n) is 9.74. The standard InChI is InChI=1S/C32H26N4O2/c1-19-7-5-9-25(15-19)35-21(3)33-29-13-11-23(17-27(29)31(35)37)24-12-14-30-28(18-24)32(38)36(22(4)34-30)26-10-6-8-20(2)16-26/h5-18H,1-4H3. The summed E-state index contributed by atoms with van der Waals surface area (Å²) in [5.41, 5.74) is 6.41. The van der Waals surface area contributed by atoms with Crippen molar-refractivity contribution in [2.75, 3.05) is 0 Å². The highest BCUT2D eigenvalue weighted by molar-refractivity contribution is 5.88. The predicted molar refractivity (Wildman–Crippen MR) is 153 cm³/mol. The molecule has 6 heteroatoms. The lowest BCUT2D eigenvalue weighted by molar-refractivity contribution is 0.893. The second kappa shape index (κ2) is 8.92. The minimum atomic E-state index is -0.125. The van der Waals surface area contributed by atoms with E-state index in [0.29, 0.717) is 33.5 Å². The van der Waals surface area contributed by atoms with Gasteiger partial charge in [-0.25, -0.2) is 9.97 Å². The molecule has 0 aliphatic carbocycles. The van der Waals surface area contributed by atoms with Crippen LogP contribution in [0.1, 0.15) is 22.8 Å². The van der Waals surface area contributed by atoms with Gasteiger partial charge in [0.25, 0.3) is 11.1 Å². The zero-order valence-corrected chi connectivity index (χ0v) is 21.7. The van der Waals surface area contributed by atoms with Gasteiger partial charge in [0.05, 0.1) is 33.2 Å². The van der Waals surface area contributed by atoms with Crippen LogP contribution < -0.4 is 11.1 Å². The van der Waals surface area contributed by atoms with Crippen LogP contribution in [0.2, 0.25) is 0 Å². The van der Waals surface area contributed by atoms with Gasteiger partial charge >= 0.3 is 0 Å². The van der Waals surface area contributed by atoms with Crippen molar-refractivity contribution in [3.05, 3.63) is 128 Å². The summed E-state index contributed by atoms with van der Waals surface area (Å²) >= 11 is 0. The Labute approximate surface area is 219 Å². The molecule has 6 nitrogen and oxygen atoms in total. The van der Waals surface area contributed by atoms with Crippen molar-refractivity contribution in [1.29, 1.82) is 0 Å². The van der Waals surface area contributed by atoms with E-state index in [1.165, 1.54) is 0 Å². The Morgan fingerprint density at radius 3 is 1.34 bits per heavy atom. The smallest absolute Gasteiger partial charge is 0.265 e. The third-order valence-corrected chi connectivity index (χ3v) is 6.92. The highest BCUT2D eigenvalue weighted by Crippen LogP contribution is 2.26. The van der Waals surface area contributed by atoms with Crippen LogP contribution in [-0.4, -0.2) is 19.1 Å². The number of aromatic nitrogens is 4. The first-order chi connectivity index (χ1) is 18.3. The van der Waals surface area contributed by atoms with E-state index in [0.717, 1.165) is 33.6 Å². The van der Waals surface area contributed by atoms with Gasteiger partial charge in [-0.15, -0.1) is 0 Å². The minimum absolute atomic E-state index is 0.125. The van der Waals surface area contributed by atoms with Crippen molar-refractivity contribution in [3.63, 3.8) is 0 Å². The number of nitrogens with zero attached hydrogens (tertiary/aromatic N) is 4. The van der Waals surface area contributed by atoms with Gasteiger partial charge in [0, 0.05) is 0 Å². The Morgan fingerprint density at radius 1 is 0.526 bits per heavy atom. The Balaban J connectivity index is 1.53. The first kappa shape index (κ1) is 23.6. The van der Waals surface area contributed by atoms with E-state index >= 15 is 0 Å². The van der Waals surface area contributed by atoms with Crippen molar-refractivity contribution < 1.29 is 0 Å². The molecule has 0 saturated carbocycles. The highest BCUT2D eigenvalue weighted by atomic mass is 16.1. The van der Waals surface area contributed by atoms with Gasteiger partial charge in [-0.05, 0) is 98.5 Å². The Kier molecular flexibility index (Phi) is 5.53. The van der Waals surface area contributed by atoms with Crippen molar-refractivity contribution in [2.24, 2.45) is 0 Å². The van der Waals surface area contributed by atoms with E-state index in [9.17, 15) is 9.59 Å². The van der Waals surface area contributed by atoms with Crippen LogP contribution in [0.25, 0.3) is 44.3 Å². The maximum absolute atomic E-state index is 13.6. The molecule has 0 spiro atoms. The maximum Gasteiger partial charge on any atom is 0.265 e. The fraction of sp³-hybridized carbons (Fsp3) is 0.125. The van der Waals surface area contributed by atoms with E-state index in [1.807, 2.05) is 113 Å². The number of fused-ring (bicyclic) bond motifs is 2. The molecule has 0 bridgehead atoms. The van der Waals surface area contributed by atoms with E-state index in [4.69, 9.17) is 9.97 Å². The summed E-state index contributed by atoms with van der Waals surface area (Å²) in [7, 11) is 0. The van der Waals surface area contributed by atoms with Crippen LogP contribution in [0.4, 0.5) is 0 Å². The lowest BCUT2D eigenvalue weighted by atomic mass is 10.0. The quantitative estimate of drug-likeness (QED) is 0.301. The second-order valence-corrected chi connectivity index (χ2v) is 9.74. The normalized spacial score (nSPS) is 11.4. The molecule has 0 aliphatic rings. The van der Waals surface area contributed by atoms with Crippen LogP contribution in [-0.2, 0) is 0 Å². The molecule has 2 aromatic heterocycles. The van der Waals surface area contributed by atoms with Gasteiger partial charge in [0.1, 0.15) is 11.6 Å². The molecule has 4 aromatic carbocycles. The van der Waals surface area contributed by atoms with Crippen molar-refractivity contribution in [3.8, 4) is 22.5 Å². The molecule has 186 valence electrons. The predicted octanol–water partition coefficient (Wildman–Crippen LogP) is 5.99. The third kappa shape index (κ3) is 3.91. The molecule has 38 heavy (non-hydrogen) atoms. The average molecular weight is 499 g/mol. The Morgan fingerprint density at radius 2 is 0.947 bits per heavy atom. The Hall–Kier alpha value is -4.84. The lowest BCUT2D eigenvalue weighted by Crippen LogP contribution is -2.22. The van der Waals surface area contributed by atoms with Gasteiger partial charge in [0.2, 0.25) is 0 Å². The first-order valence-corrected chi connectivity index (χ1v) is 12.5. The van der Waals surface area contributed by atoms with Crippen LogP contribution in [0.3, 0.4) is 0 Å². The Bertz CT molecular complexity index is 1870. The van der Waals surface area contributed by atoms with Crippen LogP contribution in [0.5, 0.6) is 0 Å². The molecule has 6 rings (SSSR count). The molecule has 0 fully saturated rings. The number of rotatable bonds is 3. The monoisotopic (exact) mass is 498 g/mol. The average Bonchev–Trinajstić information content (AvgIpc) is 2.89. The molecule has 0 N–H and O–H groups in total. The summed E-state index contributed by atoms with van der Waals surface area (Å²) in [6.45, 7) is 7.68. The summed E-state index contributed by atoms with van der Waals surface area (Å²) in [4.78, 5) is 36.7. The van der Waals surface area contributed by atoms with Crippen LogP contribution in [0.15, 0.2) is 94.5 Å². The number of aryl methyl sites for hydroxylation is 4. The van der Waals surface area contributed by atoms with Crippen molar-refractivity contribution in [2.45, 2.75) is 27.7 Å². The molecule has 0 aliphatic heterocycles. The third-order valence-electron chi connectivity index (χ3n) is 6.92. The summed E-state index contributed by atoms with van der Waals surface area (Å²) in [5, 5.41) is 1.04. The lowest BCUT2D eigenvalue weighted by Gasteiger charge is -2.13. The molecule has 0 unspecified atom stereocenters. The van der Waals surface area contributed by atoms with Crippen LogP contribution >= 0.6 is 0 Å². The van der Waals surface area contributed by atoms with Gasteiger partial charge in [0.15, 0.2) is 0 Å². The molecule has 2 heterocycles. The van der Waals surface area contributed by atoms with E-state index in [1.54, 1.807) is 9.13 Å².